The third-order valence-corrected chi connectivity index (χ3v) is 5.73. The number of rotatable bonds is 5. The molecule has 1 amide bonds. The highest BCUT2D eigenvalue weighted by atomic mass is 35.5. The number of halogens is 5. The Morgan fingerprint density at radius 2 is 1.77 bits per heavy atom. The molecule has 26 heavy (non-hydrogen) atoms. The van der Waals surface area contributed by atoms with Crippen LogP contribution in [0.1, 0.15) is 12.0 Å². The van der Waals surface area contributed by atoms with Crippen LogP contribution in [0.4, 0.5) is 18.9 Å². The van der Waals surface area contributed by atoms with E-state index in [0.717, 1.165) is 18.2 Å². The van der Waals surface area contributed by atoms with E-state index in [9.17, 15) is 26.4 Å². The normalized spacial score (nSPS) is 12.0. The molecule has 4 nitrogen and oxygen atoms in total. The van der Waals surface area contributed by atoms with Crippen molar-refractivity contribution in [3.05, 3.63) is 58.1 Å². The summed E-state index contributed by atoms with van der Waals surface area (Å²) in [7, 11) is -3.89. The van der Waals surface area contributed by atoms with Gasteiger partial charge in [-0.05, 0) is 36.4 Å². The molecule has 0 radical (unpaired) electrons. The summed E-state index contributed by atoms with van der Waals surface area (Å²) >= 11 is 11.6. The van der Waals surface area contributed by atoms with Gasteiger partial charge >= 0.3 is 6.18 Å². The molecule has 2 aromatic rings. The largest absolute Gasteiger partial charge is 0.416 e. The maximum absolute atomic E-state index is 12.7. The third-order valence-electron chi connectivity index (χ3n) is 3.30. The maximum atomic E-state index is 12.7. The van der Waals surface area contributed by atoms with Crippen LogP contribution in [0.15, 0.2) is 47.4 Å². The second-order valence-corrected chi connectivity index (χ2v) is 8.19. The molecule has 1 N–H and O–H groups in total. The molecular formula is C16H12Cl2F3NO3S. The average Bonchev–Trinajstić information content (AvgIpc) is 2.55. The van der Waals surface area contributed by atoms with Gasteiger partial charge in [-0.15, -0.1) is 0 Å². The van der Waals surface area contributed by atoms with Crippen molar-refractivity contribution in [2.75, 3.05) is 11.1 Å². The van der Waals surface area contributed by atoms with Crippen molar-refractivity contribution in [3.63, 3.8) is 0 Å². The lowest BCUT2D eigenvalue weighted by Crippen LogP contribution is -2.18. The van der Waals surface area contributed by atoms with Gasteiger partial charge in [0.15, 0.2) is 9.84 Å². The molecule has 140 valence electrons. The summed E-state index contributed by atoms with van der Waals surface area (Å²) in [4.78, 5) is 11.7. The van der Waals surface area contributed by atoms with Gasteiger partial charge in [0.05, 0.1) is 21.2 Å². The van der Waals surface area contributed by atoms with Gasteiger partial charge in [-0.2, -0.15) is 13.2 Å². The van der Waals surface area contributed by atoms with Crippen LogP contribution in [0, 0.1) is 0 Å². The molecule has 0 aliphatic rings. The zero-order valence-corrected chi connectivity index (χ0v) is 15.3. The van der Waals surface area contributed by atoms with Crippen molar-refractivity contribution >= 4 is 44.6 Å². The predicted molar refractivity (Wildman–Crippen MR) is 93.2 cm³/mol. The van der Waals surface area contributed by atoms with E-state index in [1.165, 1.54) is 24.3 Å². The van der Waals surface area contributed by atoms with Gasteiger partial charge in [-0.1, -0.05) is 29.3 Å². The van der Waals surface area contributed by atoms with Gasteiger partial charge in [-0.3, -0.25) is 4.79 Å². The molecule has 0 heterocycles. The predicted octanol–water partition coefficient (Wildman–Crippen LogP) is 4.81. The van der Waals surface area contributed by atoms with Crippen molar-refractivity contribution in [1.82, 2.24) is 0 Å². The van der Waals surface area contributed by atoms with Gasteiger partial charge in [0, 0.05) is 17.1 Å². The number of carbonyl (C=O) groups excluding carboxylic acids is 1. The summed E-state index contributed by atoms with van der Waals surface area (Å²) in [6.07, 6.45) is -5.01. The second-order valence-electron chi connectivity index (χ2n) is 5.27. The highest BCUT2D eigenvalue weighted by Gasteiger charge is 2.30. The molecule has 0 aromatic heterocycles. The van der Waals surface area contributed by atoms with Gasteiger partial charge in [-0.25, -0.2) is 8.42 Å². The third kappa shape index (κ3) is 5.36. The number of anilines is 1. The highest BCUT2D eigenvalue weighted by Crippen LogP contribution is 2.31. The van der Waals surface area contributed by atoms with Crippen LogP contribution in [0.25, 0.3) is 0 Å². The lowest BCUT2D eigenvalue weighted by molar-refractivity contribution is -0.137. The number of hydrogen-bond donors (Lipinski definition) is 1. The minimum Gasteiger partial charge on any atom is -0.326 e. The zero-order valence-electron chi connectivity index (χ0n) is 13.0. The molecule has 0 fully saturated rings. The Bertz CT molecular complexity index is 931. The van der Waals surface area contributed by atoms with E-state index in [1.54, 1.807) is 0 Å². The van der Waals surface area contributed by atoms with Gasteiger partial charge in [0.25, 0.3) is 0 Å². The summed E-state index contributed by atoms with van der Waals surface area (Å²) in [5.74, 6) is -1.32. The Labute approximate surface area is 157 Å². The summed E-state index contributed by atoms with van der Waals surface area (Å²) in [5, 5.41) is 2.38. The summed E-state index contributed by atoms with van der Waals surface area (Å²) in [6.45, 7) is 0. The van der Waals surface area contributed by atoms with Crippen molar-refractivity contribution in [2.45, 2.75) is 17.5 Å². The van der Waals surface area contributed by atoms with Crippen molar-refractivity contribution < 1.29 is 26.4 Å². The van der Waals surface area contributed by atoms with E-state index in [2.05, 4.69) is 5.32 Å². The molecular weight excluding hydrogens is 414 g/mol. The fraction of sp³-hybridized carbons (Fsp3) is 0.188. The minimum absolute atomic E-state index is 0.0345. The molecule has 2 rings (SSSR count). The molecule has 0 bridgehead atoms. The van der Waals surface area contributed by atoms with E-state index in [4.69, 9.17) is 23.2 Å². The van der Waals surface area contributed by atoms with Crippen LogP contribution in [0.3, 0.4) is 0 Å². The molecule has 2 aromatic carbocycles. The highest BCUT2D eigenvalue weighted by molar-refractivity contribution is 7.91. The monoisotopic (exact) mass is 425 g/mol. The first-order valence-electron chi connectivity index (χ1n) is 7.14. The van der Waals surface area contributed by atoms with Crippen LogP contribution in [-0.2, 0) is 20.8 Å². The molecule has 0 spiro atoms. The average molecular weight is 426 g/mol. The van der Waals surface area contributed by atoms with Gasteiger partial charge in [0.2, 0.25) is 5.91 Å². The zero-order chi connectivity index (χ0) is 19.5. The molecule has 0 unspecified atom stereocenters. The Balaban J connectivity index is 2.06. The molecule has 0 aliphatic heterocycles. The number of alkyl halides is 3. The Hall–Kier alpha value is -1.77. The van der Waals surface area contributed by atoms with Crippen LogP contribution < -0.4 is 5.32 Å². The standard InChI is InChI=1S/C16H12Cl2F3NO3S/c17-11-4-5-13(18)14(9-11)26(24,25)7-6-15(23)22-12-3-1-2-10(8-12)16(19,20)21/h1-5,8-9H,6-7H2,(H,22,23). The maximum Gasteiger partial charge on any atom is 0.416 e. The topological polar surface area (TPSA) is 63.2 Å². The first kappa shape index (κ1) is 20.5. The number of nitrogens with one attached hydrogen (secondary N) is 1. The Morgan fingerprint density at radius 3 is 2.42 bits per heavy atom. The fourth-order valence-electron chi connectivity index (χ4n) is 2.05. The molecule has 0 saturated carbocycles. The number of benzene rings is 2. The van der Waals surface area contributed by atoms with Crippen LogP contribution in [0.2, 0.25) is 10.0 Å². The lowest BCUT2D eigenvalue weighted by Gasteiger charge is -2.10. The Morgan fingerprint density at radius 1 is 1.08 bits per heavy atom. The van der Waals surface area contributed by atoms with Gasteiger partial charge < -0.3 is 5.32 Å². The van der Waals surface area contributed by atoms with E-state index in [0.29, 0.717) is 0 Å². The molecule has 0 atom stereocenters. The van der Waals surface area contributed by atoms with Crippen molar-refractivity contribution in [3.8, 4) is 0 Å². The minimum atomic E-state index is -4.55. The summed E-state index contributed by atoms with van der Waals surface area (Å²) in [5.41, 5.74) is -1.00. The molecule has 0 saturated heterocycles. The first-order chi connectivity index (χ1) is 12.0. The first-order valence-corrected chi connectivity index (χ1v) is 9.55. The SMILES string of the molecule is O=C(CCS(=O)(=O)c1cc(Cl)ccc1Cl)Nc1cccc(C(F)(F)F)c1. The number of hydrogen-bond acceptors (Lipinski definition) is 3. The quantitative estimate of drug-likeness (QED) is 0.746. The summed E-state index contributed by atoms with van der Waals surface area (Å²) < 4.78 is 62.5. The van der Waals surface area contributed by atoms with Crippen molar-refractivity contribution in [2.24, 2.45) is 0 Å². The molecule has 10 heteroatoms. The number of carbonyl (C=O) groups is 1. The fourth-order valence-corrected chi connectivity index (χ4v) is 4.10. The number of sulfone groups is 1. The summed E-state index contributed by atoms with van der Waals surface area (Å²) in [6, 6.07) is 7.95. The van der Waals surface area contributed by atoms with E-state index in [-0.39, 0.29) is 20.6 Å². The smallest absolute Gasteiger partial charge is 0.326 e. The molecule has 0 aliphatic carbocycles. The lowest BCUT2D eigenvalue weighted by atomic mass is 10.2. The van der Waals surface area contributed by atoms with E-state index in [1.807, 2.05) is 0 Å². The Kier molecular flexibility index (Phi) is 6.21. The van der Waals surface area contributed by atoms with Gasteiger partial charge in [0.1, 0.15) is 0 Å². The van der Waals surface area contributed by atoms with Crippen molar-refractivity contribution in [1.29, 1.82) is 0 Å². The van der Waals surface area contributed by atoms with E-state index >= 15 is 0 Å². The number of amides is 1. The van der Waals surface area contributed by atoms with Crippen LogP contribution in [0.5, 0.6) is 0 Å². The van der Waals surface area contributed by atoms with E-state index < -0.39 is 39.7 Å². The van der Waals surface area contributed by atoms with Crippen LogP contribution >= 0.6 is 23.2 Å². The van der Waals surface area contributed by atoms with Crippen LogP contribution in [-0.4, -0.2) is 20.1 Å². The second kappa shape index (κ2) is 7.85.